The minimum absolute atomic E-state index is 0.0873. The lowest BCUT2D eigenvalue weighted by Gasteiger charge is -2.40. The normalized spacial score (nSPS) is 22.3. The molecule has 1 fully saturated rings. The van der Waals surface area contributed by atoms with Gasteiger partial charge in [0.15, 0.2) is 0 Å². The predicted molar refractivity (Wildman–Crippen MR) is 153 cm³/mol. The standard InChI is InChI=1S/C28H36F3N7O2S/c1-4-37-24-19(25(39)36-41-23-9-7-8-20(33-23)32-16-6-5-13-26(37,2)3)10-11-21(34-24)38-17-12-22(35-38)40-18-27(14-15-27)28(29,30)31/h7-12,17,22,35H,4-6,13-16,18H2,1-3H3,(H,32,33)(H,36,39). The highest BCUT2D eigenvalue weighted by Crippen LogP contribution is 2.57. The predicted octanol–water partition coefficient (Wildman–Crippen LogP) is 5.64. The fraction of sp³-hybridized carbons (Fsp3) is 0.536. The number of alkyl halides is 3. The van der Waals surface area contributed by atoms with Crippen LogP contribution in [0, 0.1) is 5.41 Å². The van der Waals surface area contributed by atoms with E-state index in [-0.39, 0.29) is 24.3 Å². The average molecular weight is 592 g/mol. The highest BCUT2D eigenvalue weighted by atomic mass is 32.2. The minimum Gasteiger partial charge on any atom is -0.370 e. The molecule has 3 N–H and O–H groups in total. The molecule has 1 saturated carbocycles. The molecule has 2 aromatic rings. The van der Waals surface area contributed by atoms with E-state index in [0.717, 1.165) is 43.6 Å². The summed E-state index contributed by atoms with van der Waals surface area (Å²) in [5.41, 5.74) is 1.42. The van der Waals surface area contributed by atoms with Crippen molar-refractivity contribution in [1.29, 1.82) is 0 Å². The van der Waals surface area contributed by atoms with Crippen molar-refractivity contribution in [3.63, 3.8) is 0 Å². The maximum absolute atomic E-state index is 13.5. The van der Waals surface area contributed by atoms with E-state index < -0.39 is 24.4 Å². The highest BCUT2D eigenvalue weighted by molar-refractivity contribution is 7.97. The van der Waals surface area contributed by atoms with Crippen LogP contribution in [-0.2, 0) is 4.74 Å². The summed E-state index contributed by atoms with van der Waals surface area (Å²) in [6, 6.07) is 9.07. The molecule has 0 radical (unpaired) electrons. The maximum atomic E-state index is 13.5. The van der Waals surface area contributed by atoms with E-state index in [4.69, 9.17) is 9.72 Å². The number of nitrogens with one attached hydrogen (secondary N) is 3. The minimum atomic E-state index is -4.27. The maximum Gasteiger partial charge on any atom is 0.396 e. The van der Waals surface area contributed by atoms with E-state index in [1.807, 2.05) is 25.1 Å². The van der Waals surface area contributed by atoms with Gasteiger partial charge in [-0.3, -0.25) is 14.5 Å². The summed E-state index contributed by atoms with van der Waals surface area (Å²) in [7, 11) is 0. The Morgan fingerprint density at radius 2 is 1.93 bits per heavy atom. The number of fused-ring (bicyclic) bond motifs is 3. The Morgan fingerprint density at radius 1 is 1.12 bits per heavy atom. The zero-order valence-electron chi connectivity index (χ0n) is 23.4. The van der Waals surface area contributed by atoms with Crippen molar-refractivity contribution in [2.45, 2.75) is 75.8 Å². The number of aromatic nitrogens is 2. The van der Waals surface area contributed by atoms with E-state index in [2.05, 4.69) is 39.2 Å². The summed E-state index contributed by atoms with van der Waals surface area (Å²) in [6.07, 6.45) is 1.31. The molecule has 1 amide bonds. The Labute approximate surface area is 242 Å². The van der Waals surface area contributed by atoms with Gasteiger partial charge in [0.25, 0.3) is 5.91 Å². The topological polar surface area (TPSA) is 94.7 Å². The fourth-order valence-electron chi connectivity index (χ4n) is 5.11. The van der Waals surface area contributed by atoms with Crippen LogP contribution in [0.3, 0.4) is 0 Å². The van der Waals surface area contributed by atoms with Crippen molar-refractivity contribution in [1.82, 2.24) is 20.1 Å². The largest absolute Gasteiger partial charge is 0.396 e. The molecule has 2 aromatic heterocycles. The molecule has 0 spiro atoms. The number of pyridine rings is 2. The van der Waals surface area contributed by atoms with Crippen LogP contribution in [0.5, 0.6) is 0 Å². The molecule has 5 rings (SSSR count). The second-order valence-corrected chi connectivity index (χ2v) is 12.1. The molecule has 1 aliphatic carbocycles. The van der Waals surface area contributed by atoms with Crippen LogP contribution in [0.2, 0.25) is 0 Å². The number of hydrogen-bond acceptors (Lipinski definition) is 9. The summed E-state index contributed by atoms with van der Waals surface area (Å²) in [5.74, 6) is 1.48. The second kappa shape index (κ2) is 11.7. The third-order valence-electron chi connectivity index (χ3n) is 7.82. The van der Waals surface area contributed by atoms with Crippen molar-refractivity contribution in [2.75, 3.05) is 34.9 Å². The van der Waals surface area contributed by atoms with Crippen molar-refractivity contribution in [3.05, 3.63) is 48.2 Å². The number of amides is 1. The van der Waals surface area contributed by atoms with E-state index in [1.54, 1.807) is 29.4 Å². The zero-order chi connectivity index (χ0) is 29.3. The first kappa shape index (κ1) is 29.5. The van der Waals surface area contributed by atoms with Gasteiger partial charge in [-0.2, -0.15) is 18.6 Å². The van der Waals surface area contributed by atoms with Gasteiger partial charge in [-0.25, -0.2) is 9.97 Å². The van der Waals surface area contributed by atoms with Gasteiger partial charge < -0.3 is 15.0 Å². The summed E-state index contributed by atoms with van der Waals surface area (Å²) in [4.78, 5) is 25.1. The van der Waals surface area contributed by atoms with E-state index >= 15 is 0 Å². The number of carbonyl (C=O) groups excluding carboxylic acids is 1. The van der Waals surface area contributed by atoms with Crippen LogP contribution < -0.4 is 25.4 Å². The Balaban J connectivity index is 1.38. The third kappa shape index (κ3) is 6.57. The molecule has 222 valence electrons. The Kier molecular flexibility index (Phi) is 8.40. The summed E-state index contributed by atoms with van der Waals surface area (Å²) in [6.45, 7) is 7.32. The Morgan fingerprint density at radius 3 is 2.66 bits per heavy atom. The van der Waals surface area contributed by atoms with Crippen molar-refractivity contribution in [2.24, 2.45) is 5.41 Å². The molecule has 4 heterocycles. The van der Waals surface area contributed by atoms with Crippen molar-refractivity contribution < 1.29 is 22.7 Å². The van der Waals surface area contributed by atoms with Crippen LogP contribution in [0.15, 0.2) is 47.6 Å². The van der Waals surface area contributed by atoms with Crippen LogP contribution >= 0.6 is 11.9 Å². The highest BCUT2D eigenvalue weighted by Gasteiger charge is 2.63. The van der Waals surface area contributed by atoms with Gasteiger partial charge in [0.2, 0.25) is 0 Å². The molecule has 13 heteroatoms. The number of anilines is 3. The Hall–Kier alpha value is -3.03. The summed E-state index contributed by atoms with van der Waals surface area (Å²) in [5, 5.41) is 5.63. The molecule has 2 bridgehead atoms. The second-order valence-electron chi connectivity index (χ2n) is 11.2. The molecule has 3 aliphatic rings. The first-order valence-corrected chi connectivity index (χ1v) is 14.7. The lowest BCUT2D eigenvalue weighted by atomic mass is 9.94. The van der Waals surface area contributed by atoms with Crippen LogP contribution in [-0.4, -0.2) is 53.5 Å². The average Bonchev–Trinajstić information content (AvgIpc) is 3.60. The van der Waals surface area contributed by atoms with Crippen molar-refractivity contribution in [3.8, 4) is 0 Å². The number of rotatable bonds is 5. The third-order valence-corrected chi connectivity index (χ3v) is 8.54. The lowest BCUT2D eigenvalue weighted by molar-refractivity contribution is -0.204. The molecular formula is C28H36F3N7O2S. The number of ether oxygens (including phenoxy) is 1. The summed E-state index contributed by atoms with van der Waals surface area (Å²) >= 11 is 1.14. The smallest absolute Gasteiger partial charge is 0.370 e. The van der Waals surface area contributed by atoms with Gasteiger partial charge in [0.05, 0.1) is 17.6 Å². The van der Waals surface area contributed by atoms with Crippen LogP contribution in [0.25, 0.3) is 0 Å². The molecule has 0 aromatic carbocycles. The SMILES string of the molecule is CCN1c2nc(N3C=CC(OCC4(C(F)(F)F)CC4)N3)ccc2C(=O)NSc2cccc(n2)NCCCCC1(C)C. The molecular weight excluding hydrogens is 555 g/mol. The number of halogens is 3. The number of hydrogen-bond donors (Lipinski definition) is 3. The van der Waals surface area contributed by atoms with Gasteiger partial charge in [-0.1, -0.05) is 6.07 Å². The van der Waals surface area contributed by atoms with Gasteiger partial charge in [-0.05, 0) is 83.2 Å². The monoisotopic (exact) mass is 591 g/mol. The van der Waals surface area contributed by atoms with Gasteiger partial charge in [0, 0.05) is 36.8 Å². The van der Waals surface area contributed by atoms with E-state index in [1.165, 1.54) is 0 Å². The first-order chi connectivity index (χ1) is 19.5. The van der Waals surface area contributed by atoms with E-state index in [0.29, 0.717) is 28.8 Å². The summed E-state index contributed by atoms with van der Waals surface area (Å²) < 4.78 is 48.5. The molecule has 2 aliphatic heterocycles. The molecule has 9 nitrogen and oxygen atoms in total. The number of carbonyl (C=O) groups is 1. The van der Waals surface area contributed by atoms with Crippen molar-refractivity contribution >= 4 is 35.3 Å². The molecule has 0 saturated heterocycles. The molecule has 41 heavy (non-hydrogen) atoms. The van der Waals surface area contributed by atoms with Gasteiger partial charge >= 0.3 is 6.18 Å². The number of nitrogens with zero attached hydrogens (tertiary/aromatic N) is 4. The van der Waals surface area contributed by atoms with E-state index in [9.17, 15) is 18.0 Å². The Bertz CT molecular complexity index is 1290. The van der Waals surface area contributed by atoms with Gasteiger partial charge in [-0.15, -0.1) is 0 Å². The quantitative estimate of drug-likeness (QED) is 0.382. The first-order valence-electron chi connectivity index (χ1n) is 13.9. The van der Waals surface area contributed by atoms with Crippen LogP contribution in [0.4, 0.5) is 30.6 Å². The molecule has 1 unspecified atom stereocenters. The zero-order valence-corrected chi connectivity index (χ0v) is 24.2. The van der Waals surface area contributed by atoms with Crippen LogP contribution in [0.1, 0.15) is 63.2 Å². The van der Waals surface area contributed by atoms with Gasteiger partial charge in [0.1, 0.15) is 28.7 Å². The number of hydrazine groups is 1. The fourth-order valence-corrected chi connectivity index (χ4v) is 5.71. The molecule has 1 atom stereocenters. The lowest BCUT2D eigenvalue weighted by Crippen LogP contribution is -2.46.